The summed E-state index contributed by atoms with van der Waals surface area (Å²) < 4.78 is 14.8. The van der Waals surface area contributed by atoms with Gasteiger partial charge in [-0.15, -0.1) is 10.2 Å². The first-order valence-electron chi connectivity index (χ1n) is 5.35. The molecule has 0 unspecified atom stereocenters. The van der Waals surface area contributed by atoms with Gasteiger partial charge >= 0.3 is 0 Å². The summed E-state index contributed by atoms with van der Waals surface area (Å²) in [6.07, 6.45) is 1.49. The zero-order valence-electron chi connectivity index (χ0n) is 9.92. The fourth-order valence-corrected chi connectivity index (χ4v) is 1.43. The first-order valence-corrected chi connectivity index (χ1v) is 5.35. The Hall–Kier alpha value is -2.49. The third kappa shape index (κ3) is 2.27. The van der Waals surface area contributed by atoms with Gasteiger partial charge in [0.1, 0.15) is 18.1 Å². The third-order valence-electron chi connectivity index (χ3n) is 2.13. The molecule has 18 heavy (non-hydrogen) atoms. The van der Waals surface area contributed by atoms with Gasteiger partial charge in [-0.2, -0.15) is 5.26 Å². The van der Waals surface area contributed by atoms with Gasteiger partial charge < -0.3 is 5.43 Å². The average Bonchev–Trinajstić information content (AvgIpc) is 2.77. The first-order chi connectivity index (χ1) is 8.61. The third-order valence-corrected chi connectivity index (χ3v) is 2.13. The van der Waals surface area contributed by atoms with Gasteiger partial charge in [0.25, 0.3) is 0 Å². The second-order valence-electron chi connectivity index (χ2n) is 3.95. The van der Waals surface area contributed by atoms with Crippen LogP contribution in [0.3, 0.4) is 0 Å². The number of pyridine rings is 1. The van der Waals surface area contributed by atoms with Crippen molar-refractivity contribution >= 4 is 0 Å². The smallest absolute Gasteiger partial charge is 0.201 e. The summed E-state index contributed by atoms with van der Waals surface area (Å²) in [5, 5.41) is 16.4. The lowest BCUT2D eigenvalue weighted by atomic mass is 10.3. The van der Waals surface area contributed by atoms with Crippen LogP contribution in [-0.2, 0) is 0 Å². The minimum absolute atomic E-state index is 0.177. The molecular formula is C11H11FN6. The SMILES string of the molecule is CC(C)Nn1cnnc1-c1ccc(F)c(C#N)n1. The quantitative estimate of drug-likeness (QED) is 0.883. The van der Waals surface area contributed by atoms with E-state index in [4.69, 9.17) is 5.26 Å². The minimum atomic E-state index is -0.649. The van der Waals surface area contributed by atoms with Crippen molar-refractivity contribution in [3.05, 3.63) is 30.0 Å². The Morgan fingerprint density at radius 1 is 1.44 bits per heavy atom. The van der Waals surface area contributed by atoms with Gasteiger partial charge in [0, 0.05) is 6.04 Å². The zero-order valence-corrected chi connectivity index (χ0v) is 9.92. The van der Waals surface area contributed by atoms with Crippen LogP contribution in [0.4, 0.5) is 4.39 Å². The molecule has 92 valence electrons. The maximum Gasteiger partial charge on any atom is 0.201 e. The van der Waals surface area contributed by atoms with Crippen LogP contribution in [-0.4, -0.2) is 25.9 Å². The van der Waals surface area contributed by atoms with Crippen molar-refractivity contribution in [2.75, 3.05) is 5.43 Å². The summed E-state index contributed by atoms with van der Waals surface area (Å²) in [5.74, 6) is -0.218. The summed E-state index contributed by atoms with van der Waals surface area (Å²) in [6.45, 7) is 3.92. The second kappa shape index (κ2) is 4.79. The summed E-state index contributed by atoms with van der Waals surface area (Å²) in [4.78, 5) is 3.90. The topological polar surface area (TPSA) is 79.4 Å². The van der Waals surface area contributed by atoms with Crippen molar-refractivity contribution < 1.29 is 4.39 Å². The van der Waals surface area contributed by atoms with Crippen LogP contribution in [0.1, 0.15) is 19.5 Å². The Balaban J connectivity index is 2.43. The van der Waals surface area contributed by atoms with E-state index in [2.05, 4.69) is 20.6 Å². The average molecular weight is 246 g/mol. The summed E-state index contributed by atoms with van der Waals surface area (Å²) in [7, 11) is 0. The summed E-state index contributed by atoms with van der Waals surface area (Å²) >= 11 is 0. The van der Waals surface area contributed by atoms with Crippen LogP contribution >= 0.6 is 0 Å². The standard InChI is InChI=1S/C11H11FN6/c1-7(2)17-18-6-14-16-11(18)9-4-3-8(12)10(5-13)15-9/h3-4,6-7,17H,1-2H3. The van der Waals surface area contributed by atoms with Crippen molar-refractivity contribution in [1.29, 1.82) is 5.26 Å². The van der Waals surface area contributed by atoms with E-state index in [1.165, 1.54) is 18.5 Å². The molecule has 0 aliphatic carbocycles. The van der Waals surface area contributed by atoms with Crippen LogP contribution in [0.5, 0.6) is 0 Å². The molecule has 0 aliphatic rings. The molecule has 6 nitrogen and oxygen atoms in total. The van der Waals surface area contributed by atoms with Crippen molar-refractivity contribution in [3.63, 3.8) is 0 Å². The molecule has 0 spiro atoms. The van der Waals surface area contributed by atoms with E-state index in [1.54, 1.807) is 10.7 Å². The highest BCUT2D eigenvalue weighted by Gasteiger charge is 2.12. The predicted molar refractivity (Wildman–Crippen MR) is 62.4 cm³/mol. The van der Waals surface area contributed by atoms with Crippen LogP contribution in [0, 0.1) is 17.1 Å². The van der Waals surface area contributed by atoms with Crippen molar-refractivity contribution in [1.82, 2.24) is 19.9 Å². The van der Waals surface area contributed by atoms with Crippen molar-refractivity contribution in [2.45, 2.75) is 19.9 Å². The highest BCUT2D eigenvalue weighted by Crippen LogP contribution is 2.15. The number of nitrogens with zero attached hydrogens (tertiary/aromatic N) is 5. The number of nitrogens with one attached hydrogen (secondary N) is 1. The molecular weight excluding hydrogens is 235 g/mol. The number of rotatable bonds is 3. The molecule has 2 rings (SSSR count). The van der Waals surface area contributed by atoms with E-state index in [-0.39, 0.29) is 11.7 Å². The normalized spacial score (nSPS) is 10.4. The molecule has 0 aliphatic heterocycles. The van der Waals surface area contributed by atoms with Crippen LogP contribution < -0.4 is 5.43 Å². The Labute approximate surface area is 103 Å². The molecule has 2 heterocycles. The van der Waals surface area contributed by atoms with Gasteiger partial charge in [0.15, 0.2) is 11.5 Å². The van der Waals surface area contributed by atoms with E-state index in [9.17, 15) is 4.39 Å². The Morgan fingerprint density at radius 2 is 2.22 bits per heavy atom. The Morgan fingerprint density at radius 3 is 2.89 bits per heavy atom. The van der Waals surface area contributed by atoms with Crippen LogP contribution in [0.15, 0.2) is 18.5 Å². The maximum atomic E-state index is 13.2. The number of aromatic nitrogens is 4. The molecule has 0 saturated heterocycles. The minimum Gasteiger partial charge on any atom is -0.320 e. The van der Waals surface area contributed by atoms with Crippen molar-refractivity contribution in [3.8, 4) is 17.6 Å². The fourth-order valence-electron chi connectivity index (χ4n) is 1.43. The fraction of sp³-hybridized carbons (Fsp3) is 0.273. The molecule has 0 radical (unpaired) electrons. The van der Waals surface area contributed by atoms with E-state index < -0.39 is 5.82 Å². The molecule has 2 aromatic rings. The maximum absolute atomic E-state index is 13.2. The molecule has 0 bridgehead atoms. The van der Waals surface area contributed by atoms with Gasteiger partial charge in [0.05, 0.1) is 0 Å². The largest absolute Gasteiger partial charge is 0.320 e. The predicted octanol–water partition coefficient (Wildman–Crippen LogP) is 1.30. The lowest BCUT2D eigenvalue weighted by Crippen LogP contribution is -2.22. The Bertz CT molecular complexity index is 598. The van der Waals surface area contributed by atoms with Crippen LogP contribution in [0.25, 0.3) is 11.5 Å². The van der Waals surface area contributed by atoms with Crippen molar-refractivity contribution in [2.24, 2.45) is 0 Å². The van der Waals surface area contributed by atoms with E-state index in [0.29, 0.717) is 11.5 Å². The zero-order chi connectivity index (χ0) is 13.1. The van der Waals surface area contributed by atoms with Crippen LogP contribution in [0.2, 0.25) is 0 Å². The molecule has 2 aromatic heterocycles. The number of halogens is 1. The lowest BCUT2D eigenvalue weighted by molar-refractivity contribution is 0.616. The second-order valence-corrected chi connectivity index (χ2v) is 3.95. The summed E-state index contributed by atoms with van der Waals surface area (Å²) in [6, 6.07) is 4.52. The molecule has 0 saturated carbocycles. The van der Waals surface area contributed by atoms with Gasteiger partial charge in [-0.1, -0.05) is 0 Å². The monoisotopic (exact) mass is 246 g/mol. The molecule has 0 fully saturated rings. The van der Waals surface area contributed by atoms with Gasteiger partial charge in [0.2, 0.25) is 5.82 Å². The van der Waals surface area contributed by atoms with E-state index in [1.807, 2.05) is 13.8 Å². The number of hydrogen-bond acceptors (Lipinski definition) is 5. The molecule has 7 heteroatoms. The molecule has 1 N–H and O–H groups in total. The van der Waals surface area contributed by atoms with E-state index in [0.717, 1.165) is 0 Å². The Kier molecular flexibility index (Phi) is 3.19. The van der Waals surface area contributed by atoms with Gasteiger partial charge in [-0.3, -0.25) is 0 Å². The lowest BCUT2D eigenvalue weighted by Gasteiger charge is -2.12. The number of hydrogen-bond donors (Lipinski definition) is 1. The van der Waals surface area contributed by atoms with Gasteiger partial charge in [-0.05, 0) is 26.0 Å². The molecule has 0 amide bonds. The highest BCUT2D eigenvalue weighted by molar-refractivity contribution is 5.50. The highest BCUT2D eigenvalue weighted by atomic mass is 19.1. The van der Waals surface area contributed by atoms with E-state index >= 15 is 0 Å². The van der Waals surface area contributed by atoms with Gasteiger partial charge in [-0.25, -0.2) is 14.1 Å². The molecule has 0 atom stereocenters. The number of nitriles is 1. The molecule has 0 aromatic carbocycles. The first kappa shape index (κ1) is 12.0. The summed E-state index contributed by atoms with van der Waals surface area (Å²) in [5.41, 5.74) is 3.21.